The minimum absolute atomic E-state index is 0.195. The van der Waals surface area contributed by atoms with Gasteiger partial charge in [-0.3, -0.25) is 19.6 Å². The van der Waals surface area contributed by atoms with E-state index in [0.29, 0.717) is 25.8 Å². The van der Waals surface area contributed by atoms with Gasteiger partial charge in [-0.25, -0.2) is 9.87 Å². The lowest BCUT2D eigenvalue weighted by atomic mass is 9.94. The Hall–Kier alpha value is -1.70. The van der Waals surface area contributed by atoms with Crippen LogP contribution in [0, 0.1) is 5.92 Å². The highest BCUT2D eigenvalue weighted by atomic mass is 19.1. The zero-order valence-electron chi connectivity index (χ0n) is 13.0. The topological polar surface area (TPSA) is 98.7 Å². The number of hydrogen-bond acceptors (Lipinski definition) is 4. The number of likely N-dealkylation sites (N-methyl/N-ethyl adjacent to an activating group) is 1. The van der Waals surface area contributed by atoms with Crippen LogP contribution in [0.2, 0.25) is 0 Å². The Labute approximate surface area is 129 Å². The number of hydrogen-bond donors (Lipinski definition) is 3. The van der Waals surface area contributed by atoms with Crippen molar-refractivity contribution in [3.05, 3.63) is 0 Å². The molecule has 0 aromatic rings. The Morgan fingerprint density at radius 2 is 2.09 bits per heavy atom. The SMILES string of the molecule is CCCC[C@@H](C(=O)N1CCC[C@H]1C(=O)NC)[C@@H](F)C(=O)NO. The fourth-order valence-corrected chi connectivity index (χ4v) is 2.75. The van der Waals surface area contributed by atoms with Crippen LogP contribution in [0.3, 0.4) is 0 Å². The third-order valence-corrected chi connectivity index (χ3v) is 3.98. The first-order chi connectivity index (χ1) is 10.5. The number of hydroxylamine groups is 1. The maximum absolute atomic E-state index is 14.2. The Bertz CT molecular complexity index is 419. The molecule has 0 spiro atoms. The summed E-state index contributed by atoms with van der Waals surface area (Å²) in [4.78, 5) is 37.1. The molecule has 7 nitrogen and oxygen atoms in total. The highest BCUT2D eigenvalue weighted by Gasteiger charge is 2.41. The van der Waals surface area contributed by atoms with Gasteiger partial charge in [0.2, 0.25) is 11.8 Å². The normalized spacial score (nSPS) is 20.4. The molecule has 0 aromatic heterocycles. The minimum atomic E-state index is -2.13. The van der Waals surface area contributed by atoms with Crippen LogP contribution < -0.4 is 10.8 Å². The van der Waals surface area contributed by atoms with Crippen molar-refractivity contribution >= 4 is 17.7 Å². The number of nitrogens with zero attached hydrogens (tertiary/aromatic N) is 1. The van der Waals surface area contributed by atoms with E-state index in [1.807, 2.05) is 6.92 Å². The number of carbonyl (C=O) groups is 3. The van der Waals surface area contributed by atoms with Gasteiger partial charge in [0.25, 0.3) is 5.91 Å². The molecule has 1 fully saturated rings. The monoisotopic (exact) mass is 317 g/mol. The Morgan fingerprint density at radius 1 is 1.41 bits per heavy atom. The van der Waals surface area contributed by atoms with Crippen molar-refractivity contribution < 1.29 is 24.0 Å². The Balaban J connectivity index is 2.90. The van der Waals surface area contributed by atoms with Crippen LogP contribution in [0.1, 0.15) is 39.0 Å². The number of halogens is 1. The fraction of sp³-hybridized carbons (Fsp3) is 0.786. The third kappa shape index (κ3) is 4.16. The van der Waals surface area contributed by atoms with Crippen LogP contribution >= 0.6 is 0 Å². The van der Waals surface area contributed by atoms with E-state index in [9.17, 15) is 18.8 Å². The summed E-state index contributed by atoms with van der Waals surface area (Å²) in [6, 6.07) is -0.619. The quantitative estimate of drug-likeness (QED) is 0.467. The van der Waals surface area contributed by atoms with E-state index >= 15 is 0 Å². The van der Waals surface area contributed by atoms with Crippen molar-refractivity contribution in [2.75, 3.05) is 13.6 Å². The number of nitrogens with one attached hydrogen (secondary N) is 2. The molecule has 1 aliphatic rings. The Kier molecular flexibility index (Phi) is 7.23. The first-order valence-electron chi connectivity index (χ1n) is 7.58. The van der Waals surface area contributed by atoms with E-state index in [2.05, 4.69) is 5.32 Å². The predicted molar refractivity (Wildman–Crippen MR) is 76.6 cm³/mol. The van der Waals surface area contributed by atoms with Gasteiger partial charge in [0.05, 0.1) is 5.92 Å². The minimum Gasteiger partial charge on any atom is -0.357 e. The van der Waals surface area contributed by atoms with E-state index in [-0.39, 0.29) is 12.3 Å². The van der Waals surface area contributed by atoms with Gasteiger partial charge in [0.1, 0.15) is 6.04 Å². The lowest BCUT2D eigenvalue weighted by molar-refractivity contribution is -0.148. The van der Waals surface area contributed by atoms with E-state index < -0.39 is 29.9 Å². The Morgan fingerprint density at radius 3 is 2.64 bits per heavy atom. The summed E-state index contributed by atoms with van der Waals surface area (Å²) in [5, 5.41) is 11.1. The van der Waals surface area contributed by atoms with Crippen LogP contribution in [0.4, 0.5) is 4.39 Å². The first-order valence-corrected chi connectivity index (χ1v) is 7.58. The molecule has 0 aromatic carbocycles. The highest BCUT2D eigenvalue weighted by Crippen LogP contribution is 2.25. The molecule has 1 aliphatic heterocycles. The van der Waals surface area contributed by atoms with Crippen LogP contribution in [-0.4, -0.2) is 53.6 Å². The third-order valence-electron chi connectivity index (χ3n) is 3.98. The van der Waals surface area contributed by atoms with Crippen LogP contribution in [0.25, 0.3) is 0 Å². The lowest BCUT2D eigenvalue weighted by Gasteiger charge is -2.29. The molecule has 1 saturated heterocycles. The molecule has 3 atom stereocenters. The maximum Gasteiger partial charge on any atom is 0.278 e. The zero-order chi connectivity index (χ0) is 16.7. The van der Waals surface area contributed by atoms with E-state index in [4.69, 9.17) is 5.21 Å². The van der Waals surface area contributed by atoms with Crippen molar-refractivity contribution in [3.63, 3.8) is 0 Å². The summed E-state index contributed by atoms with van der Waals surface area (Å²) in [5.74, 6) is -3.25. The molecule has 1 rings (SSSR count). The van der Waals surface area contributed by atoms with Crippen LogP contribution in [0.15, 0.2) is 0 Å². The zero-order valence-corrected chi connectivity index (χ0v) is 13.0. The summed E-state index contributed by atoms with van der Waals surface area (Å²) < 4.78 is 14.2. The van der Waals surface area contributed by atoms with Crippen molar-refractivity contribution in [2.24, 2.45) is 5.92 Å². The van der Waals surface area contributed by atoms with Crippen molar-refractivity contribution in [1.82, 2.24) is 15.7 Å². The molecule has 0 bridgehead atoms. The van der Waals surface area contributed by atoms with Gasteiger partial charge >= 0.3 is 0 Å². The van der Waals surface area contributed by atoms with Crippen molar-refractivity contribution in [3.8, 4) is 0 Å². The molecule has 3 amide bonds. The smallest absolute Gasteiger partial charge is 0.278 e. The van der Waals surface area contributed by atoms with Gasteiger partial charge in [0, 0.05) is 13.6 Å². The molecule has 0 radical (unpaired) electrons. The van der Waals surface area contributed by atoms with Gasteiger partial charge in [-0.15, -0.1) is 0 Å². The number of amides is 3. The molecule has 126 valence electrons. The van der Waals surface area contributed by atoms with Gasteiger partial charge < -0.3 is 10.2 Å². The number of rotatable bonds is 7. The van der Waals surface area contributed by atoms with Gasteiger partial charge in [-0.1, -0.05) is 19.8 Å². The van der Waals surface area contributed by atoms with Crippen LogP contribution in [0.5, 0.6) is 0 Å². The van der Waals surface area contributed by atoms with E-state index in [0.717, 1.165) is 6.42 Å². The molecular formula is C14H24FN3O4. The molecular weight excluding hydrogens is 293 g/mol. The maximum atomic E-state index is 14.2. The highest BCUT2D eigenvalue weighted by molar-refractivity contribution is 5.92. The number of alkyl halides is 1. The summed E-state index contributed by atoms with van der Waals surface area (Å²) in [5.41, 5.74) is 1.25. The number of unbranched alkanes of at least 4 members (excludes halogenated alkanes) is 1. The lowest BCUT2D eigenvalue weighted by Crippen LogP contribution is -2.50. The fourth-order valence-electron chi connectivity index (χ4n) is 2.75. The number of likely N-dealkylation sites (tertiary alicyclic amines) is 1. The molecule has 0 aliphatic carbocycles. The largest absolute Gasteiger partial charge is 0.357 e. The van der Waals surface area contributed by atoms with Gasteiger partial charge in [-0.05, 0) is 19.3 Å². The average molecular weight is 317 g/mol. The second-order valence-corrected chi connectivity index (χ2v) is 5.43. The van der Waals surface area contributed by atoms with Crippen molar-refractivity contribution in [1.29, 1.82) is 0 Å². The standard InChI is InChI=1S/C14H24FN3O4/c1-3-4-6-9(11(15)13(20)17-22)14(21)18-8-5-7-10(18)12(19)16-2/h9-11,22H,3-8H2,1-2H3,(H,16,19)(H,17,20)/t9-,10+,11-/m1/s1. The summed E-state index contributed by atoms with van der Waals surface area (Å²) in [6.07, 6.45) is 0.572. The number of carbonyl (C=O) groups excluding carboxylic acids is 3. The van der Waals surface area contributed by atoms with Gasteiger partial charge in [0.15, 0.2) is 6.17 Å². The molecule has 1 heterocycles. The van der Waals surface area contributed by atoms with Crippen molar-refractivity contribution in [2.45, 2.75) is 51.2 Å². The van der Waals surface area contributed by atoms with Crippen LogP contribution in [-0.2, 0) is 14.4 Å². The van der Waals surface area contributed by atoms with E-state index in [1.54, 1.807) is 0 Å². The van der Waals surface area contributed by atoms with Gasteiger partial charge in [-0.2, -0.15) is 0 Å². The summed E-state index contributed by atoms with van der Waals surface area (Å²) in [7, 11) is 1.48. The molecule has 22 heavy (non-hydrogen) atoms. The second-order valence-electron chi connectivity index (χ2n) is 5.43. The molecule has 0 unspecified atom stereocenters. The average Bonchev–Trinajstić information content (AvgIpc) is 3.02. The second kappa shape index (κ2) is 8.67. The van der Waals surface area contributed by atoms with E-state index in [1.165, 1.54) is 17.4 Å². The summed E-state index contributed by atoms with van der Waals surface area (Å²) in [6.45, 7) is 2.26. The molecule has 8 heteroatoms. The molecule has 0 saturated carbocycles. The first kappa shape index (κ1) is 18.3. The summed E-state index contributed by atoms with van der Waals surface area (Å²) >= 11 is 0. The predicted octanol–water partition coefficient (Wildman–Crippen LogP) is 0.373. The molecule has 3 N–H and O–H groups in total.